The Hall–Kier alpha value is -3.38. The van der Waals surface area contributed by atoms with Gasteiger partial charge in [-0.25, -0.2) is 0 Å². The summed E-state index contributed by atoms with van der Waals surface area (Å²) in [6.07, 6.45) is 0. The van der Waals surface area contributed by atoms with Crippen LogP contribution in [0.15, 0.2) is 60.7 Å². The highest BCUT2D eigenvalue weighted by Gasteiger charge is 2.16. The van der Waals surface area contributed by atoms with Crippen LogP contribution in [0.4, 0.5) is 0 Å². The maximum Gasteiger partial charge on any atom is 0.251 e. The summed E-state index contributed by atoms with van der Waals surface area (Å²) in [6.45, 7) is 0.622. The van der Waals surface area contributed by atoms with E-state index in [1.807, 2.05) is 30.3 Å². The summed E-state index contributed by atoms with van der Waals surface area (Å²) in [7, 11) is 4.64. The van der Waals surface area contributed by atoms with Crippen LogP contribution in [0.25, 0.3) is 0 Å². The number of hydrogen-bond acceptors (Lipinski definition) is 5. The average Bonchev–Trinajstić information content (AvgIpc) is 2.81. The number of ether oxygens (including phenoxy) is 4. The molecule has 0 atom stereocenters. The maximum atomic E-state index is 12.6. The smallest absolute Gasteiger partial charge is 0.251 e. The molecule has 3 rings (SSSR count). The monoisotopic (exact) mass is 441 g/mol. The molecule has 162 valence electrons. The highest BCUT2D eigenvalue weighted by molar-refractivity contribution is 6.31. The van der Waals surface area contributed by atoms with Gasteiger partial charge in [-0.1, -0.05) is 29.8 Å². The third-order valence-corrected chi connectivity index (χ3v) is 5.06. The first-order valence-electron chi connectivity index (χ1n) is 9.59. The summed E-state index contributed by atoms with van der Waals surface area (Å²) < 4.78 is 21.9. The first kappa shape index (κ1) is 22.3. The number of rotatable bonds is 9. The van der Waals surface area contributed by atoms with Crippen molar-refractivity contribution in [1.29, 1.82) is 0 Å². The van der Waals surface area contributed by atoms with E-state index >= 15 is 0 Å². The molecule has 0 saturated heterocycles. The summed E-state index contributed by atoms with van der Waals surface area (Å²) >= 11 is 6.14. The molecule has 1 amide bonds. The summed E-state index contributed by atoms with van der Waals surface area (Å²) in [5.74, 6) is 2.00. The molecule has 0 bridgehead atoms. The molecule has 0 fully saturated rings. The number of methoxy groups -OCH3 is 3. The zero-order valence-electron chi connectivity index (χ0n) is 17.6. The van der Waals surface area contributed by atoms with E-state index in [1.54, 1.807) is 44.6 Å². The van der Waals surface area contributed by atoms with Gasteiger partial charge in [-0.15, -0.1) is 0 Å². The van der Waals surface area contributed by atoms with Crippen molar-refractivity contribution in [3.63, 3.8) is 0 Å². The van der Waals surface area contributed by atoms with Gasteiger partial charge in [-0.3, -0.25) is 4.79 Å². The Balaban J connectivity index is 1.62. The van der Waals surface area contributed by atoms with Gasteiger partial charge in [0.1, 0.15) is 12.4 Å². The minimum absolute atomic E-state index is 0.213. The van der Waals surface area contributed by atoms with Crippen LogP contribution in [0, 0.1) is 0 Å². The minimum Gasteiger partial charge on any atom is -0.493 e. The summed E-state index contributed by atoms with van der Waals surface area (Å²) in [5, 5.41) is 3.55. The fourth-order valence-corrected chi connectivity index (χ4v) is 3.25. The van der Waals surface area contributed by atoms with E-state index in [9.17, 15) is 4.79 Å². The second-order valence-corrected chi connectivity index (χ2v) is 6.99. The summed E-state index contributed by atoms with van der Waals surface area (Å²) in [6, 6.07) is 18.0. The lowest BCUT2D eigenvalue weighted by atomic mass is 10.1. The molecule has 7 heteroatoms. The van der Waals surface area contributed by atoms with E-state index < -0.39 is 0 Å². The molecule has 0 spiro atoms. The zero-order valence-corrected chi connectivity index (χ0v) is 18.4. The largest absolute Gasteiger partial charge is 0.493 e. The van der Waals surface area contributed by atoms with E-state index in [0.717, 1.165) is 11.1 Å². The molecule has 0 aliphatic carbocycles. The Labute approximate surface area is 186 Å². The molecule has 3 aromatic carbocycles. The Morgan fingerprint density at radius 3 is 2.19 bits per heavy atom. The van der Waals surface area contributed by atoms with Gasteiger partial charge < -0.3 is 24.3 Å². The Bertz CT molecular complexity index is 1040. The quantitative estimate of drug-likeness (QED) is 0.513. The first-order chi connectivity index (χ1) is 15.1. The number of carbonyl (C=O) groups is 1. The third-order valence-electron chi connectivity index (χ3n) is 4.69. The van der Waals surface area contributed by atoms with Crippen molar-refractivity contribution in [2.24, 2.45) is 0 Å². The lowest BCUT2D eigenvalue weighted by Gasteiger charge is -2.16. The number of amides is 1. The Kier molecular flexibility index (Phi) is 7.62. The molecule has 3 aromatic rings. The lowest BCUT2D eigenvalue weighted by molar-refractivity contribution is 0.0950. The molecular weight excluding hydrogens is 418 g/mol. The predicted octanol–water partition coefficient (Wildman–Crippen LogP) is 4.87. The van der Waals surface area contributed by atoms with Gasteiger partial charge in [-0.05, 0) is 42.5 Å². The Morgan fingerprint density at radius 1 is 0.839 bits per heavy atom. The molecule has 0 heterocycles. The highest BCUT2D eigenvalue weighted by atomic mass is 35.5. The first-order valence-corrected chi connectivity index (χ1v) is 9.97. The minimum atomic E-state index is -0.213. The van der Waals surface area contributed by atoms with Crippen LogP contribution in [-0.4, -0.2) is 27.2 Å². The van der Waals surface area contributed by atoms with Gasteiger partial charge >= 0.3 is 0 Å². The van der Waals surface area contributed by atoms with Gasteiger partial charge in [-0.2, -0.15) is 0 Å². The Morgan fingerprint density at radius 2 is 1.55 bits per heavy atom. The van der Waals surface area contributed by atoms with Crippen LogP contribution in [0.3, 0.4) is 0 Å². The standard InChI is InChI=1S/C24H24ClNO5/c1-28-21-13-10-17(22(29-2)23(21)30-3)14-26-24(27)16-8-11-19(12-9-16)31-15-18-6-4-5-7-20(18)25/h4-13H,14-15H2,1-3H3,(H,26,27). The molecule has 0 radical (unpaired) electrons. The summed E-state index contributed by atoms with van der Waals surface area (Å²) in [4.78, 5) is 12.6. The van der Waals surface area contributed by atoms with Gasteiger partial charge in [0, 0.05) is 28.3 Å². The van der Waals surface area contributed by atoms with Crippen molar-refractivity contribution < 1.29 is 23.7 Å². The van der Waals surface area contributed by atoms with Crippen LogP contribution >= 0.6 is 11.6 Å². The molecule has 31 heavy (non-hydrogen) atoms. The van der Waals surface area contributed by atoms with E-state index in [4.69, 9.17) is 30.5 Å². The number of hydrogen-bond donors (Lipinski definition) is 1. The number of benzene rings is 3. The molecule has 0 aliphatic rings. The van der Waals surface area contributed by atoms with Crippen molar-refractivity contribution >= 4 is 17.5 Å². The van der Waals surface area contributed by atoms with Crippen LogP contribution in [0.1, 0.15) is 21.5 Å². The van der Waals surface area contributed by atoms with Gasteiger partial charge in [0.2, 0.25) is 5.75 Å². The average molecular weight is 442 g/mol. The SMILES string of the molecule is COc1ccc(CNC(=O)c2ccc(OCc3ccccc3Cl)cc2)c(OC)c1OC. The lowest BCUT2D eigenvalue weighted by Crippen LogP contribution is -2.23. The molecule has 0 saturated carbocycles. The maximum absolute atomic E-state index is 12.6. The normalized spacial score (nSPS) is 10.3. The van der Waals surface area contributed by atoms with Crippen LogP contribution < -0.4 is 24.3 Å². The molecule has 6 nitrogen and oxygen atoms in total. The number of nitrogens with one attached hydrogen (secondary N) is 1. The van der Waals surface area contributed by atoms with Crippen molar-refractivity contribution in [3.05, 3.63) is 82.4 Å². The molecule has 0 aromatic heterocycles. The third kappa shape index (κ3) is 5.41. The molecule has 1 N–H and O–H groups in total. The number of halogens is 1. The van der Waals surface area contributed by atoms with E-state index in [1.165, 1.54) is 7.11 Å². The van der Waals surface area contributed by atoms with Crippen LogP contribution in [0.2, 0.25) is 5.02 Å². The van der Waals surface area contributed by atoms with Crippen LogP contribution in [-0.2, 0) is 13.2 Å². The zero-order chi connectivity index (χ0) is 22.2. The molecule has 0 unspecified atom stereocenters. The topological polar surface area (TPSA) is 66.0 Å². The molecule has 0 aliphatic heterocycles. The van der Waals surface area contributed by atoms with Crippen LogP contribution in [0.5, 0.6) is 23.0 Å². The highest BCUT2D eigenvalue weighted by Crippen LogP contribution is 2.39. The fraction of sp³-hybridized carbons (Fsp3) is 0.208. The van der Waals surface area contributed by atoms with E-state index in [2.05, 4.69) is 5.32 Å². The molecular formula is C24H24ClNO5. The second kappa shape index (κ2) is 10.6. The summed E-state index contributed by atoms with van der Waals surface area (Å²) in [5.41, 5.74) is 2.19. The number of carbonyl (C=O) groups excluding carboxylic acids is 1. The van der Waals surface area contributed by atoms with E-state index in [0.29, 0.717) is 40.2 Å². The van der Waals surface area contributed by atoms with Crippen molar-refractivity contribution in [3.8, 4) is 23.0 Å². The van der Waals surface area contributed by atoms with Gasteiger partial charge in [0.25, 0.3) is 5.91 Å². The van der Waals surface area contributed by atoms with Crippen molar-refractivity contribution in [1.82, 2.24) is 5.32 Å². The van der Waals surface area contributed by atoms with Crippen molar-refractivity contribution in [2.45, 2.75) is 13.2 Å². The van der Waals surface area contributed by atoms with Gasteiger partial charge in [0.15, 0.2) is 11.5 Å². The van der Waals surface area contributed by atoms with Crippen molar-refractivity contribution in [2.75, 3.05) is 21.3 Å². The van der Waals surface area contributed by atoms with Gasteiger partial charge in [0.05, 0.1) is 21.3 Å². The predicted molar refractivity (Wildman–Crippen MR) is 119 cm³/mol. The fourth-order valence-electron chi connectivity index (χ4n) is 3.06. The van der Waals surface area contributed by atoms with E-state index in [-0.39, 0.29) is 12.5 Å². The second-order valence-electron chi connectivity index (χ2n) is 6.58.